The van der Waals surface area contributed by atoms with Gasteiger partial charge in [-0.2, -0.15) is 0 Å². The van der Waals surface area contributed by atoms with E-state index in [0.29, 0.717) is 18.7 Å². The fraction of sp³-hybridized carbons (Fsp3) is 0.714. The number of nitro groups is 1. The summed E-state index contributed by atoms with van der Waals surface area (Å²) >= 11 is 0. The summed E-state index contributed by atoms with van der Waals surface area (Å²) in [6, 6.07) is 0. The van der Waals surface area contributed by atoms with Crippen LogP contribution >= 0.6 is 0 Å². The van der Waals surface area contributed by atoms with Crippen LogP contribution in [0.4, 0.5) is 5.82 Å². The Hall–Kier alpha value is -1.46. The van der Waals surface area contributed by atoms with Gasteiger partial charge >= 0.3 is 5.82 Å². The van der Waals surface area contributed by atoms with Crippen LogP contribution in [-0.2, 0) is 13.0 Å². The third-order valence-electron chi connectivity index (χ3n) is 1.72. The number of hydrogen-bond donors (Lipinski definition) is 0. The first-order valence-corrected chi connectivity index (χ1v) is 4.27. The van der Waals surface area contributed by atoms with E-state index in [0.717, 1.165) is 6.42 Å². The maximum atomic E-state index is 10.6. The van der Waals surface area contributed by atoms with Crippen molar-refractivity contribution in [1.29, 1.82) is 0 Å². The fourth-order valence-corrected chi connectivity index (χ4v) is 1.13. The van der Waals surface area contributed by atoms with Crippen LogP contribution in [-0.4, -0.2) is 19.9 Å². The van der Waals surface area contributed by atoms with Gasteiger partial charge in [0.15, 0.2) is 5.69 Å². The summed E-state index contributed by atoms with van der Waals surface area (Å²) in [6.07, 6.45) is 1.35. The van der Waals surface area contributed by atoms with Gasteiger partial charge in [0.25, 0.3) is 0 Å². The average molecular weight is 184 g/mol. The van der Waals surface area contributed by atoms with Crippen molar-refractivity contribution < 1.29 is 4.92 Å². The molecule has 72 valence electrons. The highest BCUT2D eigenvalue weighted by atomic mass is 16.6. The van der Waals surface area contributed by atoms with Crippen LogP contribution in [0.25, 0.3) is 0 Å². The van der Waals surface area contributed by atoms with E-state index in [1.807, 2.05) is 13.8 Å². The van der Waals surface area contributed by atoms with E-state index in [4.69, 9.17) is 0 Å². The molecule has 1 rings (SSSR count). The summed E-state index contributed by atoms with van der Waals surface area (Å²) in [5.41, 5.74) is 0.457. The van der Waals surface area contributed by atoms with Crippen molar-refractivity contribution in [2.24, 2.45) is 0 Å². The Morgan fingerprint density at radius 1 is 1.54 bits per heavy atom. The molecule has 1 aromatic rings. The van der Waals surface area contributed by atoms with Crippen molar-refractivity contribution >= 4 is 5.82 Å². The van der Waals surface area contributed by atoms with Crippen molar-refractivity contribution in [2.45, 2.75) is 33.2 Å². The van der Waals surface area contributed by atoms with Crippen LogP contribution in [0.2, 0.25) is 0 Å². The summed E-state index contributed by atoms with van der Waals surface area (Å²) in [5, 5.41) is 18.1. The Labute approximate surface area is 75.7 Å². The predicted molar refractivity (Wildman–Crippen MR) is 46.3 cm³/mol. The number of rotatable bonds is 4. The standard InChI is InChI=1S/C7H12N4O2/c1-3-5-10-7(11(12)13)6(4-2)8-9-10/h3-5H2,1-2H3. The summed E-state index contributed by atoms with van der Waals surface area (Å²) in [6.45, 7) is 4.31. The van der Waals surface area contributed by atoms with Gasteiger partial charge in [-0.25, -0.2) is 0 Å². The Morgan fingerprint density at radius 2 is 2.23 bits per heavy atom. The molecule has 0 bridgehead atoms. The Bertz CT molecular complexity index is 307. The van der Waals surface area contributed by atoms with Gasteiger partial charge in [-0.15, -0.1) is 9.78 Å². The van der Waals surface area contributed by atoms with Crippen LogP contribution in [0.5, 0.6) is 0 Å². The summed E-state index contributed by atoms with van der Waals surface area (Å²) in [5.74, 6) is 0.0318. The molecule has 1 aromatic heterocycles. The Kier molecular flexibility index (Phi) is 2.94. The number of hydrogen-bond acceptors (Lipinski definition) is 4. The van der Waals surface area contributed by atoms with Crippen molar-refractivity contribution in [3.8, 4) is 0 Å². The quantitative estimate of drug-likeness (QED) is 0.519. The minimum absolute atomic E-state index is 0.0318. The van der Waals surface area contributed by atoms with Gasteiger partial charge in [0, 0.05) is 5.21 Å². The molecule has 0 aliphatic rings. The zero-order valence-corrected chi connectivity index (χ0v) is 7.73. The normalized spacial score (nSPS) is 10.3. The second kappa shape index (κ2) is 3.97. The molecule has 0 aliphatic carbocycles. The molecular formula is C7H12N4O2. The number of nitrogens with zero attached hydrogens (tertiary/aromatic N) is 4. The predicted octanol–water partition coefficient (Wildman–Crippen LogP) is 1.16. The Balaban J connectivity index is 3.06. The second-order valence-electron chi connectivity index (χ2n) is 2.69. The molecule has 0 aliphatic heterocycles. The average Bonchev–Trinajstić information content (AvgIpc) is 2.48. The minimum Gasteiger partial charge on any atom is -0.358 e. The first kappa shape index (κ1) is 9.63. The van der Waals surface area contributed by atoms with E-state index in [9.17, 15) is 10.1 Å². The molecule has 0 N–H and O–H groups in total. The molecule has 0 amide bonds. The van der Waals surface area contributed by atoms with Crippen LogP contribution in [0.15, 0.2) is 0 Å². The van der Waals surface area contributed by atoms with E-state index in [-0.39, 0.29) is 5.82 Å². The first-order chi connectivity index (χ1) is 6.20. The van der Waals surface area contributed by atoms with Gasteiger partial charge in [0.1, 0.15) is 6.54 Å². The highest BCUT2D eigenvalue weighted by Gasteiger charge is 2.21. The molecule has 6 nitrogen and oxygen atoms in total. The maximum absolute atomic E-state index is 10.6. The van der Waals surface area contributed by atoms with E-state index >= 15 is 0 Å². The largest absolute Gasteiger partial charge is 0.368 e. The Morgan fingerprint density at radius 3 is 2.69 bits per heavy atom. The molecule has 0 fully saturated rings. The van der Waals surface area contributed by atoms with Gasteiger partial charge < -0.3 is 10.1 Å². The highest BCUT2D eigenvalue weighted by Crippen LogP contribution is 2.15. The maximum Gasteiger partial charge on any atom is 0.368 e. The van der Waals surface area contributed by atoms with E-state index in [1.165, 1.54) is 4.68 Å². The first-order valence-electron chi connectivity index (χ1n) is 4.27. The summed E-state index contributed by atoms with van der Waals surface area (Å²) < 4.78 is 1.35. The van der Waals surface area contributed by atoms with E-state index in [2.05, 4.69) is 10.3 Å². The fourth-order valence-electron chi connectivity index (χ4n) is 1.13. The van der Waals surface area contributed by atoms with Crippen LogP contribution in [0.1, 0.15) is 26.0 Å². The molecular weight excluding hydrogens is 172 g/mol. The second-order valence-corrected chi connectivity index (χ2v) is 2.69. The molecule has 0 atom stereocenters. The van der Waals surface area contributed by atoms with Crippen LogP contribution in [0.3, 0.4) is 0 Å². The smallest absolute Gasteiger partial charge is 0.358 e. The topological polar surface area (TPSA) is 73.8 Å². The highest BCUT2D eigenvalue weighted by molar-refractivity contribution is 5.24. The van der Waals surface area contributed by atoms with Crippen molar-refractivity contribution in [2.75, 3.05) is 0 Å². The van der Waals surface area contributed by atoms with Gasteiger partial charge in [0.2, 0.25) is 0 Å². The zero-order valence-electron chi connectivity index (χ0n) is 7.73. The van der Waals surface area contributed by atoms with Crippen LogP contribution < -0.4 is 0 Å². The van der Waals surface area contributed by atoms with Gasteiger partial charge in [-0.1, -0.05) is 13.8 Å². The molecule has 0 saturated heterocycles. The van der Waals surface area contributed by atoms with E-state index < -0.39 is 4.92 Å². The van der Waals surface area contributed by atoms with Crippen LogP contribution in [0, 0.1) is 10.1 Å². The molecule has 0 unspecified atom stereocenters. The lowest BCUT2D eigenvalue weighted by atomic mass is 10.3. The molecule has 0 saturated carbocycles. The minimum atomic E-state index is -0.422. The molecule has 6 heteroatoms. The summed E-state index contributed by atoms with van der Waals surface area (Å²) in [7, 11) is 0. The molecule has 0 radical (unpaired) electrons. The van der Waals surface area contributed by atoms with Crippen molar-refractivity contribution in [3.63, 3.8) is 0 Å². The van der Waals surface area contributed by atoms with Crippen molar-refractivity contribution in [3.05, 3.63) is 15.8 Å². The molecule has 0 spiro atoms. The molecule has 1 heterocycles. The third-order valence-corrected chi connectivity index (χ3v) is 1.72. The molecule has 0 aromatic carbocycles. The molecule has 13 heavy (non-hydrogen) atoms. The lowest BCUT2D eigenvalue weighted by Crippen LogP contribution is -2.05. The lowest BCUT2D eigenvalue weighted by molar-refractivity contribution is -0.393. The zero-order chi connectivity index (χ0) is 9.84. The van der Waals surface area contributed by atoms with Gasteiger partial charge in [0.05, 0.1) is 0 Å². The summed E-state index contributed by atoms with van der Waals surface area (Å²) in [4.78, 5) is 10.2. The van der Waals surface area contributed by atoms with E-state index in [1.54, 1.807) is 0 Å². The number of aryl methyl sites for hydroxylation is 2. The number of aromatic nitrogens is 3. The lowest BCUT2D eigenvalue weighted by Gasteiger charge is -1.96. The van der Waals surface area contributed by atoms with Crippen molar-refractivity contribution in [1.82, 2.24) is 15.0 Å². The third kappa shape index (κ3) is 1.82. The monoisotopic (exact) mass is 184 g/mol. The van der Waals surface area contributed by atoms with Gasteiger partial charge in [-0.3, -0.25) is 0 Å². The SMILES string of the molecule is CCCn1nnc(CC)c1[N+](=O)[O-]. The van der Waals surface area contributed by atoms with Gasteiger partial charge in [-0.05, 0) is 17.8 Å².